The van der Waals surface area contributed by atoms with E-state index in [9.17, 15) is 0 Å². The van der Waals surface area contributed by atoms with Gasteiger partial charge in [-0.15, -0.1) is 11.3 Å². The molecule has 0 saturated heterocycles. The Hall–Kier alpha value is -6.88. The minimum Gasteiger partial charge on any atom is -0.309 e. The van der Waals surface area contributed by atoms with Gasteiger partial charge in [0.05, 0.1) is 22.4 Å². The molecule has 0 aliphatic heterocycles. The van der Waals surface area contributed by atoms with Gasteiger partial charge in [-0.25, -0.2) is 9.97 Å². The zero-order chi connectivity index (χ0) is 35.6. The molecule has 4 heteroatoms. The number of hydrogen-bond donors (Lipinski definition) is 0. The molecule has 3 aromatic heterocycles. The van der Waals surface area contributed by atoms with Gasteiger partial charge in [0.25, 0.3) is 0 Å². The highest BCUT2D eigenvalue weighted by atomic mass is 32.1. The minimum atomic E-state index is 0.720. The summed E-state index contributed by atoms with van der Waals surface area (Å²) in [7, 11) is 0. The van der Waals surface area contributed by atoms with Crippen molar-refractivity contribution in [2.75, 3.05) is 0 Å². The molecule has 8 aromatic carbocycles. The summed E-state index contributed by atoms with van der Waals surface area (Å²) in [6, 6.07) is 67.0. The number of benzene rings is 8. The molecule has 0 aliphatic carbocycles. The predicted molar refractivity (Wildman–Crippen MR) is 229 cm³/mol. The summed E-state index contributed by atoms with van der Waals surface area (Å²) in [6.07, 6.45) is 0. The van der Waals surface area contributed by atoms with E-state index in [1.165, 1.54) is 58.5 Å². The average Bonchev–Trinajstić information content (AvgIpc) is 3.80. The third-order valence-corrected chi connectivity index (χ3v) is 11.9. The van der Waals surface area contributed by atoms with E-state index in [4.69, 9.17) is 9.97 Å². The first-order valence-electron chi connectivity index (χ1n) is 18.2. The van der Waals surface area contributed by atoms with Gasteiger partial charge < -0.3 is 4.57 Å². The summed E-state index contributed by atoms with van der Waals surface area (Å²) in [6.45, 7) is 0. The molecule has 0 unspecified atom stereocenters. The van der Waals surface area contributed by atoms with Gasteiger partial charge in [0.1, 0.15) is 0 Å². The van der Waals surface area contributed by atoms with Crippen LogP contribution in [0.15, 0.2) is 188 Å². The lowest BCUT2D eigenvalue weighted by Crippen LogP contribution is -1.96. The van der Waals surface area contributed by atoms with Crippen LogP contribution in [0.5, 0.6) is 0 Å². The molecule has 0 bridgehead atoms. The first-order chi connectivity index (χ1) is 26.8. The van der Waals surface area contributed by atoms with Crippen molar-refractivity contribution in [1.82, 2.24) is 14.5 Å². The Kier molecular flexibility index (Phi) is 7.04. The Bertz CT molecular complexity index is 3190. The molecule has 0 fully saturated rings. The lowest BCUT2D eigenvalue weighted by molar-refractivity contribution is 1.18. The van der Waals surface area contributed by atoms with Crippen LogP contribution in [0.25, 0.3) is 103 Å². The topological polar surface area (TPSA) is 30.7 Å². The molecule has 54 heavy (non-hydrogen) atoms. The molecule has 0 spiro atoms. The van der Waals surface area contributed by atoms with Crippen LogP contribution in [0.4, 0.5) is 0 Å². The van der Waals surface area contributed by atoms with Crippen molar-refractivity contribution in [3.63, 3.8) is 0 Å². The van der Waals surface area contributed by atoms with Gasteiger partial charge in [0, 0.05) is 53.3 Å². The van der Waals surface area contributed by atoms with E-state index in [0.29, 0.717) is 0 Å². The Morgan fingerprint density at radius 3 is 1.85 bits per heavy atom. The van der Waals surface area contributed by atoms with Crippen molar-refractivity contribution in [3.05, 3.63) is 188 Å². The highest BCUT2D eigenvalue weighted by molar-refractivity contribution is 7.27. The number of fused-ring (bicyclic) bond motifs is 8. The third kappa shape index (κ3) is 4.88. The average molecular weight is 706 g/mol. The Balaban J connectivity index is 1.15. The summed E-state index contributed by atoms with van der Waals surface area (Å²) < 4.78 is 4.91. The van der Waals surface area contributed by atoms with Crippen LogP contribution in [0.3, 0.4) is 0 Å². The summed E-state index contributed by atoms with van der Waals surface area (Å²) in [4.78, 5) is 10.7. The standard InChI is InChI=1S/C50H31N3S/c1-3-13-32(14-4-1)33-25-27-35(28-26-33)43-31-44(52-50(51-43)40-22-11-16-34-15-7-8-19-37(34)40)41-23-12-21-38-39-29-30-46-47(49(39)54-48(38)41)42-20-9-10-24-45(42)53(46)36-17-5-2-6-18-36/h1-31H. The Labute approximate surface area is 316 Å². The normalized spacial score (nSPS) is 11.7. The summed E-state index contributed by atoms with van der Waals surface area (Å²) in [5.74, 6) is 0.720. The molecule has 0 saturated carbocycles. The second-order valence-electron chi connectivity index (χ2n) is 13.7. The molecule has 0 atom stereocenters. The van der Waals surface area contributed by atoms with E-state index in [0.717, 1.165) is 45.0 Å². The number of nitrogens with zero attached hydrogens (tertiary/aromatic N) is 3. The first-order valence-corrected chi connectivity index (χ1v) is 19.1. The maximum Gasteiger partial charge on any atom is 0.161 e. The maximum atomic E-state index is 5.38. The smallest absolute Gasteiger partial charge is 0.161 e. The van der Waals surface area contributed by atoms with Crippen LogP contribution >= 0.6 is 11.3 Å². The zero-order valence-corrected chi connectivity index (χ0v) is 30.0. The van der Waals surface area contributed by atoms with Crippen LogP contribution in [0, 0.1) is 0 Å². The maximum absolute atomic E-state index is 5.38. The lowest BCUT2D eigenvalue weighted by Gasteiger charge is -2.12. The molecule has 0 amide bonds. The van der Waals surface area contributed by atoms with Gasteiger partial charge in [-0.05, 0) is 52.2 Å². The summed E-state index contributed by atoms with van der Waals surface area (Å²) in [5.41, 5.74) is 11.0. The predicted octanol–water partition coefficient (Wildman–Crippen LogP) is 13.8. The fraction of sp³-hybridized carbons (Fsp3) is 0. The van der Waals surface area contributed by atoms with Gasteiger partial charge in [-0.1, -0.05) is 158 Å². The summed E-state index contributed by atoms with van der Waals surface area (Å²) in [5, 5.41) is 7.36. The number of para-hydroxylation sites is 2. The van der Waals surface area contributed by atoms with E-state index < -0.39 is 0 Å². The van der Waals surface area contributed by atoms with Crippen LogP contribution in [0.1, 0.15) is 0 Å². The molecule has 11 aromatic rings. The molecule has 11 rings (SSSR count). The Morgan fingerprint density at radius 2 is 1.00 bits per heavy atom. The van der Waals surface area contributed by atoms with E-state index in [1.807, 2.05) is 11.3 Å². The highest BCUT2D eigenvalue weighted by Crippen LogP contribution is 2.46. The number of hydrogen-bond acceptors (Lipinski definition) is 3. The van der Waals surface area contributed by atoms with Gasteiger partial charge in [0.15, 0.2) is 5.82 Å². The van der Waals surface area contributed by atoms with E-state index in [-0.39, 0.29) is 0 Å². The van der Waals surface area contributed by atoms with Gasteiger partial charge in [-0.3, -0.25) is 0 Å². The zero-order valence-electron chi connectivity index (χ0n) is 29.1. The lowest BCUT2D eigenvalue weighted by atomic mass is 10.0. The van der Waals surface area contributed by atoms with E-state index in [1.54, 1.807) is 0 Å². The molecular weight excluding hydrogens is 675 g/mol. The molecule has 0 N–H and O–H groups in total. The summed E-state index contributed by atoms with van der Waals surface area (Å²) >= 11 is 1.87. The molecular formula is C50H31N3S. The Morgan fingerprint density at radius 1 is 0.389 bits per heavy atom. The monoisotopic (exact) mass is 705 g/mol. The van der Waals surface area contributed by atoms with Crippen molar-refractivity contribution in [3.8, 4) is 50.7 Å². The molecule has 3 nitrogen and oxygen atoms in total. The third-order valence-electron chi connectivity index (χ3n) is 10.6. The van der Waals surface area contributed by atoms with Crippen molar-refractivity contribution in [1.29, 1.82) is 0 Å². The van der Waals surface area contributed by atoms with Crippen molar-refractivity contribution >= 4 is 64.1 Å². The second kappa shape index (κ2) is 12.4. The van der Waals surface area contributed by atoms with Crippen molar-refractivity contribution in [2.24, 2.45) is 0 Å². The van der Waals surface area contributed by atoms with Crippen LogP contribution < -0.4 is 0 Å². The second-order valence-corrected chi connectivity index (χ2v) is 14.8. The van der Waals surface area contributed by atoms with Crippen molar-refractivity contribution in [2.45, 2.75) is 0 Å². The minimum absolute atomic E-state index is 0.720. The molecule has 252 valence electrons. The number of thiophene rings is 1. The quantitative estimate of drug-likeness (QED) is 0.178. The van der Waals surface area contributed by atoms with Crippen LogP contribution in [0.2, 0.25) is 0 Å². The molecule has 3 heterocycles. The van der Waals surface area contributed by atoms with E-state index >= 15 is 0 Å². The number of aromatic nitrogens is 3. The fourth-order valence-electron chi connectivity index (χ4n) is 8.10. The fourth-order valence-corrected chi connectivity index (χ4v) is 9.48. The number of rotatable bonds is 5. The van der Waals surface area contributed by atoms with Gasteiger partial charge in [0.2, 0.25) is 0 Å². The van der Waals surface area contributed by atoms with Gasteiger partial charge >= 0.3 is 0 Å². The van der Waals surface area contributed by atoms with E-state index in [2.05, 4.69) is 193 Å². The van der Waals surface area contributed by atoms with Crippen LogP contribution in [-0.2, 0) is 0 Å². The first kappa shape index (κ1) is 30.7. The SMILES string of the molecule is c1ccc(-c2ccc(-c3cc(-c4cccc5c4sc4c5ccc5c4c4ccccc4n5-c4ccccc4)nc(-c4cccc5ccccc45)n3)cc2)cc1. The van der Waals surface area contributed by atoms with Crippen molar-refractivity contribution < 1.29 is 0 Å². The van der Waals surface area contributed by atoms with Gasteiger partial charge in [-0.2, -0.15) is 0 Å². The largest absolute Gasteiger partial charge is 0.309 e. The van der Waals surface area contributed by atoms with Crippen LogP contribution in [-0.4, -0.2) is 14.5 Å². The highest BCUT2D eigenvalue weighted by Gasteiger charge is 2.20. The molecule has 0 radical (unpaired) electrons. The molecule has 0 aliphatic rings.